The van der Waals surface area contributed by atoms with Crippen molar-refractivity contribution in [1.82, 2.24) is 9.78 Å². The molecule has 0 radical (unpaired) electrons. The molecule has 2 heterocycles. The SMILES string of the molecule is CC(C)n1ncc(Br)c1C(O)c1ccc(Cl)s1. The first-order valence-electron chi connectivity index (χ1n) is 5.17. The third-order valence-electron chi connectivity index (χ3n) is 2.40. The van der Waals surface area contributed by atoms with Crippen LogP contribution in [0.3, 0.4) is 0 Å². The highest BCUT2D eigenvalue weighted by molar-refractivity contribution is 9.10. The number of hydrogen-bond acceptors (Lipinski definition) is 3. The lowest BCUT2D eigenvalue weighted by molar-refractivity contribution is 0.208. The highest BCUT2D eigenvalue weighted by Crippen LogP contribution is 2.35. The van der Waals surface area contributed by atoms with Gasteiger partial charge in [0.2, 0.25) is 0 Å². The van der Waals surface area contributed by atoms with Crippen LogP contribution in [0, 0.1) is 0 Å². The summed E-state index contributed by atoms with van der Waals surface area (Å²) in [5, 5.41) is 14.6. The molecule has 3 nitrogen and oxygen atoms in total. The summed E-state index contributed by atoms with van der Waals surface area (Å²) < 4.78 is 3.29. The lowest BCUT2D eigenvalue weighted by Gasteiger charge is -2.15. The van der Waals surface area contributed by atoms with Crippen molar-refractivity contribution in [3.05, 3.63) is 37.7 Å². The summed E-state index contributed by atoms with van der Waals surface area (Å²) in [6.45, 7) is 4.05. The third-order valence-corrected chi connectivity index (χ3v) is 4.29. The molecule has 0 aromatic carbocycles. The van der Waals surface area contributed by atoms with Crippen LogP contribution in [-0.2, 0) is 0 Å². The summed E-state index contributed by atoms with van der Waals surface area (Å²) in [7, 11) is 0. The van der Waals surface area contributed by atoms with Crippen LogP contribution in [0.25, 0.3) is 0 Å². The van der Waals surface area contributed by atoms with Gasteiger partial charge in [-0.25, -0.2) is 0 Å². The van der Waals surface area contributed by atoms with E-state index in [0.717, 1.165) is 15.0 Å². The van der Waals surface area contributed by atoms with Gasteiger partial charge in [0.15, 0.2) is 0 Å². The summed E-state index contributed by atoms with van der Waals surface area (Å²) in [5.41, 5.74) is 0.763. The maximum Gasteiger partial charge on any atom is 0.131 e. The molecule has 0 spiro atoms. The molecular formula is C11H12BrClN2OS. The average Bonchev–Trinajstić information content (AvgIpc) is 2.83. The molecule has 2 aromatic heterocycles. The van der Waals surface area contributed by atoms with E-state index < -0.39 is 6.10 Å². The van der Waals surface area contributed by atoms with E-state index in [9.17, 15) is 5.11 Å². The van der Waals surface area contributed by atoms with E-state index in [4.69, 9.17) is 11.6 Å². The van der Waals surface area contributed by atoms with E-state index in [1.54, 1.807) is 12.3 Å². The number of halogens is 2. The largest absolute Gasteiger partial charge is 0.381 e. The van der Waals surface area contributed by atoms with Crippen LogP contribution in [-0.4, -0.2) is 14.9 Å². The van der Waals surface area contributed by atoms with Crippen LogP contribution < -0.4 is 0 Å². The molecule has 0 saturated heterocycles. The zero-order chi connectivity index (χ0) is 12.6. The van der Waals surface area contributed by atoms with Crippen LogP contribution in [0.1, 0.15) is 36.6 Å². The monoisotopic (exact) mass is 334 g/mol. The van der Waals surface area contributed by atoms with Gasteiger partial charge in [-0.05, 0) is 41.9 Å². The molecule has 1 N–H and O–H groups in total. The van der Waals surface area contributed by atoms with Crippen molar-refractivity contribution in [1.29, 1.82) is 0 Å². The van der Waals surface area contributed by atoms with E-state index in [1.807, 2.05) is 24.6 Å². The minimum Gasteiger partial charge on any atom is -0.381 e. The summed E-state index contributed by atoms with van der Waals surface area (Å²) in [6.07, 6.45) is 1.00. The van der Waals surface area contributed by atoms with Gasteiger partial charge in [0.05, 0.1) is 20.7 Å². The Kier molecular flexibility index (Phi) is 3.92. The fourth-order valence-corrected chi connectivity index (χ4v) is 3.17. The van der Waals surface area contributed by atoms with Gasteiger partial charge < -0.3 is 5.11 Å². The summed E-state index contributed by atoms with van der Waals surface area (Å²) in [4.78, 5) is 0.818. The zero-order valence-electron chi connectivity index (χ0n) is 9.39. The van der Waals surface area contributed by atoms with Crippen molar-refractivity contribution in [2.24, 2.45) is 0 Å². The van der Waals surface area contributed by atoms with Crippen molar-refractivity contribution in [2.45, 2.75) is 26.0 Å². The molecule has 2 aromatic rings. The maximum atomic E-state index is 10.4. The molecule has 0 aliphatic carbocycles. The second-order valence-corrected chi connectivity index (χ2v) is 6.56. The summed E-state index contributed by atoms with van der Waals surface area (Å²) in [6, 6.07) is 3.82. The molecule has 1 unspecified atom stereocenters. The highest BCUT2D eigenvalue weighted by Gasteiger charge is 2.22. The number of aliphatic hydroxyl groups excluding tert-OH is 1. The second-order valence-electron chi connectivity index (χ2n) is 3.96. The second kappa shape index (κ2) is 5.10. The van der Waals surface area contributed by atoms with Crippen molar-refractivity contribution in [3.63, 3.8) is 0 Å². The fourth-order valence-electron chi connectivity index (χ4n) is 1.63. The van der Waals surface area contributed by atoms with E-state index in [1.165, 1.54) is 11.3 Å². The van der Waals surface area contributed by atoms with Crippen molar-refractivity contribution in [3.8, 4) is 0 Å². The molecule has 0 fully saturated rings. The van der Waals surface area contributed by atoms with Gasteiger partial charge in [0.25, 0.3) is 0 Å². The number of rotatable bonds is 3. The van der Waals surface area contributed by atoms with Crippen LogP contribution in [0.15, 0.2) is 22.8 Å². The molecule has 1 atom stereocenters. The lowest BCUT2D eigenvalue weighted by atomic mass is 10.2. The number of hydrogen-bond donors (Lipinski definition) is 1. The Morgan fingerprint density at radius 1 is 1.47 bits per heavy atom. The zero-order valence-corrected chi connectivity index (χ0v) is 12.6. The third kappa shape index (κ3) is 2.57. The smallest absolute Gasteiger partial charge is 0.131 e. The van der Waals surface area contributed by atoms with Crippen LogP contribution >= 0.6 is 38.9 Å². The molecule has 6 heteroatoms. The summed E-state index contributed by atoms with van der Waals surface area (Å²) >= 11 is 10.7. The van der Waals surface area contributed by atoms with E-state index in [-0.39, 0.29) is 6.04 Å². The van der Waals surface area contributed by atoms with Crippen molar-refractivity contribution >= 4 is 38.9 Å². The predicted octanol–water partition coefficient (Wildman–Crippen LogP) is 4.02. The molecule has 0 bridgehead atoms. The molecule has 2 rings (SSSR count). The Balaban J connectivity index is 2.43. The molecule has 0 saturated carbocycles. The molecule has 0 aliphatic rings. The van der Waals surface area contributed by atoms with Gasteiger partial charge in [0.1, 0.15) is 6.10 Å². The Morgan fingerprint density at radius 2 is 2.18 bits per heavy atom. The Labute approximate surface area is 117 Å². The normalized spacial score (nSPS) is 13.3. The van der Waals surface area contributed by atoms with Gasteiger partial charge in [-0.3, -0.25) is 4.68 Å². The average molecular weight is 336 g/mol. The number of aliphatic hydroxyl groups is 1. The van der Waals surface area contributed by atoms with Crippen LogP contribution in [0.4, 0.5) is 0 Å². The van der Waals surface area contributed by atoms with Crippen molar-refractivity contribution in [2.75, 3.05) is 0 Å². The van der Waals surface area contributed by atoms with Crippen LogP contribution in [0.5, 0.6) is 0 Å². The number of thiophene rings is 1. The lowest BCUT2D eigenvalue weighted by Crippen LogP contribution is -2.11. The first-order chi connectivity index (χ1) is 8.00. The standard InChI is InChI=1S/C11H12BrClN2OS/c1-6(2)15-10(7(12)5-14-15)11(16)8-3-4-9(13)17-8/h3-6,11,16H,1-2H3. The molecular weight excluding hydrogens is 324 g/mol. The first-order valence-corrected chi connectivity index (χ1v) is 7.15. The minimum atomic E-state index is -0.702. The Bertz CT molecular complexity index is 523. The topological polar surface area (TPSA) is 38.0 Å². The van der Waals surface area contributed by atoms with Gasteiger partial charge in [0, 0.05) is 10.9 Å². The van der Waals surface area contributed by atoms with E-state index >= 15 is 0 Å². The number of aromatic nitrogens is 2. The molecule has 0 amide bonds. The highest BCUT2D eigenvalue weighted by atomic mass is 79.9. The molecule has 0 aliphatic heterocycles. The minimum absolute atomic E-state index is 0.196. The quantitative estimate of drug-likeness (QED) is 0.920. The van der Waals surface area contributed by atoms with E-state index in [2.05, 4.69) is 21.0 Å². The van der Waals surface area contributed by atoms with Crippen LogP contribution in [0.2, 0.25) is 4.34 Å². The van der Waals surface area contributed by atoms with E-state index in [0.29, 0.717) is 4.34 Å². The predicted molar refractivity (Wildman–Crippen MR) is 73.7 cm³/mol. The van der Waals surface area contributed by atoms with Gasteiger partial charge in [-0.2, -0.15) is 5.10 Å². The number of nitrogens with zero attached hydrogens (tertiary/aromatic N) is 2. The van der Waals surface area contributed by atoms with Crippen molar-refractivity contribution < 1.29 is 5.11 Å². The van der Waals surface area contributed by atoms with Gasteiger partial charge in [-0.15, -0.1) is 11.3 Å². The molecule has 17 heavy (non-hydrogen) atoms. The Morgan fingerprint density at radius 3 is 2.71 bits per heavy atom. The molecule has 92 valence electrons. The fraction of sp³-hybridized carbons (Fsp3) is 0.364. The van der Waals surface area contributed by atoms with Gasteiger partial charge >= 0.3 is 0 Å². The first kappa shape index (κ1) is 13.1. The summed E-state index contributed by atoms with van der Waals surface area (Å²) in [5.74, 6) is 0. The Hall–Kier alpha value is -0.360. The maximum absolute atomic E-state index is 10.4. The van der Waals surface area contributed by atoms with Gasteiger partial charge in [-0.1, -0.05) is 11.6 Å².